The van der Waals surface area contributed by atoms with Crippen LogP contribution in [-0.2, 0) is 11.3 Å². The minimum absolute atomic E-state index is 0.624. The van der Waals surface area contributed by atoms with Crippen molar-refractivity contribution in [3.8, 4) is 11.5 Å². The fourth-order valence-corrected chi connectivity index (χ4v) is 2.41. The number of ether oxygens (including phenoxy) is 1. The van der Waals surface area contributed by atoms with Crippen LogP contribution < -0.4 is 0 Å². The number of hydrogen-bond donors (Lipinski definition) is 0. The van der Waals surface area contributed by atoms with E-state index in [9.17, 15) is 0 Å². The van der Waals surface area contributed by atoms with Crippen molar-refractivity contribution in [2.75, 3.05) is 13.2 Å². The van der Waals surface area contributed by atoms with Gasteiger partial charge in [-0.2, -0.15) is 5.10 Å². The maximum atomic E-state index is 5.41. The van der Waals surface area contributed by atoms with Crippen molar-refractivity contribution in [3.05, 3.63) is 35.9 Å². The molecule has 0 N–H and O–H groups in total. The lowest BCUT2D eigenvalue weighted by Crippen LogP contribution is -2.09. The third-order valence-corrected chi connectivity index (χ3v) is 3.41. The topological polar surface area (TPSA) is 57.2 Å². The number of aryl methyl sites for hydroxylation is 2. The molecule has 0 atom stereocenters. The molecule has 0 unspecified atom stereocenters. The maximum Gasteiger partial charge on any atom is 0.179 e. The van der Waals surface area contributed by atoms with E-state index in [2.05, 4.69) is 19.5 Å². The molecule has 0 aromatic carbocycles. The van der Waals surface area contributed by atoms with E-state index in [1.807, 2.05) is 49.8 Å². The van der Waals surface area contributed by atoms with Crippen LogP contribution in [0.2, 0.25) is 0 Å². The Morgan fingerprint density at radius 3 is 2.81 bits per heavy atom. The summed E-state index contributed by atoms with van der Waals surface area (Å²) < 4.78 is 9.35. The molecule has 21 heavy (non-hydrogen) atoms. The summed E-state index contributed by atoms with van der Waals surface area (Å²) in [5, 5.41) is 4.45. The standard InChI is InChI=1S/C15H19N5O/c1-4-21-10-9-20-15(16-12(3)18-20)14-11(2)19-8-6-5-7-13(19)17-14/h5-8H,4,9-10H2,1-3H3. The highest BCUT2D eigenvalue weighted by atomic mass is 16.5. The van der Waals surface area contributed by atoms with Crippen LogP contribution in [0.5, 0.6) is 0 Å². The van der Waals surface area contributed by atoms with Crippen LogP contribution in [0.25, 0.3) is 17.2 Å². The summed E-state index contributed by atoms with van der Waals surface area (Å²) in [6, 6.07) is 5.97. The van der Waals surface area contributed by atoms with Gasteiger partial charge in [0.25, 0.3) is 0 Å². The number of nitrogens with zero attached hydrogens (tertiary/aromatic N) is 5. The molecular weight excluding hydrogens is 266 g/mol. The third-order valence-electron chi connectivity index (χ3n) is 3.41. The molecule has 3 aromatic rings. The van der Waals surface area contributed by atoms with E-state index in [1.165, 1.54) is 0 Å². The molecule has 0 fully saturated rings. The summed E-state index contributed by atoms with van der Waals surface area (Å²) in [5.74, 6) is 1.55. The van der Waals surface area contributed by atoms with E-state index >= 15 is 0 Å². The Morgan fingerprint density at radius 1 is 1.19 bits per heavy atom. The van der Waals surface area contributed by atoms with Gasteiger partial charge >= 0.3 is 0 Å². The lowest BCUT2D eigenvalue weighted by atomic mass is 10.3. The van der Waals surface area contributed by atoms with Crippen LogP contribution in [0.3, 0.4) is 0 Å². The zero-order valence-electron chi connectivity index (χ0n) is 12.6. The van der Waals surface area contributed by atoms with Crippen molar-refractivity contribution in [3.63, 3.8) is 0 Å². The molecule has 0 aliphatic carbocycles. The quantitative estimate of drug-likeness (QED) is 0.675. The highest BCUT2D eigenvalue weighted by Crippen LogP contribution is 2.22. The number of fused-ring (bicyclic) bond motifs is 1. The smallest absolute Gasteiger partial charge is 0.179 e. The minimum Gasteiger partial charge on any atom is -0.380 e. The molecule has 110 valence electrons. The fourth-order valence-electron chi connectivity index (χ4n) is 2.41. The molecule has 3 rings (SSSR count). The van der Waals surface area contributed by atoms with E-state index < -0.39 is 0 Å². The third kappa shape index (κ3) is 2.54. The van der Waals surface area contributed by atoms with Gasteiger partial charge in [-0.3, -0.25) is 0 Å². The molecule has 0 amide bonds. The van der Waals surface area contributed by atoms with Crippen molar-refractivity contribution >= 4 is 5.65 Å². The summed E-state index contributed by atoms with van der Waals surface area (Å²) in [6.45, 7) is 7.93. The average molecular weight is 285 g/mol. The van der Waals surface area contributed by atoms with E-state index in [0.717, 1.165) is 28.7 Å². The van der Waals surface area contributed by atoms with Gasteiger partial charge in [0.15, 0.2) is 5.82 Å². The van der Waals surface area contributed by atoms with Crippen LogP contribution in [0.4, 0.5) is 0 Å². The Morgan fingerprint density at radius 2 is 2.05 bits per heavy atom. The second-order valence-corrected chi connectivity index (χ2v) is 4.88. The first-order valence-electron chi connectivity index (χ1n) is 7.14. The molecule has 3 aromatic heterocycles. The fraction of sp³-hybridized carbons (Fsp3) is 0.400. The average Bonchev–Trinajstić information content (AvgIpc) is 3.00. The summed E-state index contributed by atoms with van der Waals surface area (Å²) in [6.07, 6.45) is 2.01. The van der Waals surface area contributed by atoms with Crippen molar-refractivity contribution in [2.45, 2.75) is 27.3 Å². The van der Waals surface area contributed by atoms with E-state index in [0.29, 0.717) is 19.8 Å². The zero-order valence-corrected chi connectivity index (χ0v) is 12.6. The van der Waals surface area contributed by atoms with Gasteiger partial charge in [-0.25, -0.2) is 14.6 Å². The largest absolute Gasteiger partial charge is 0.380 e. The van der Waals surface area contributed by atoms with Gasteiger partial charge in [0, 0.05) is 12.8 Å². The second kappa shape index (κ2) is 5.65. The molecule has 0 saturated heterocycles. The normalized spacial score (nSPS) is 11.4. The monoisotopic (exact) mass is 285 g/mol. The molecule has 0 aliphatic heterocycles. The number of rotatable bonds is 5. The highest BCUT2D eigenvalue weighted by molar-refractivity contribution is 5.60. The van der Waals surface area contributed by atoms with Crippen molar-refractivity contribution in [1.29, 1.82) is 0 Å². The van der Waals surface area contributed by atoms with Gasteiger partial charge < -0.3 is 9.14 Å². The van der Waals surface area contributed by atoms with Gasteiger partial charge in [0.2, 0.25) is 0 Å². The van der Waals surface area contributed by atoms with E-state index in [4.69, 9.17) is 4.74 Å². The summed E-state index contributed by atoms with van der Waals surface area (Å²) >= 11 is 0. The Balaban J connectivity index is 2.03. The Bertz CT molecular complexity index is 759. The van der Waals surface area contributed by atoms with Gasteiger partial charge in [0.1, 0.15) is 17.2 Å². The zero-order chi connectivity index (χ0) is 14.8. The van der Waals surface area contributed by atoms with Gasteiger partial charge in [-0.1, -0.05) is 6.07 Å². The maximum absolute atomic E-state index is 5.41. The van der Waals surface area contributed by atoms with Crippen LogP contribution in [0, 0.1) is 13.8 Å². The summed E-state index contributed by atoms with van der Waals surface area (Å²) in [4.78, 5) is 9.22. The van der Waals surface area contributed by atoms with Crippen LogP contribution >= 0.6 is 0 Å². The first-order valence-corrected chi connectivity index (χ1v) is 7.14. The molecule has 0 radical (unpaired) electrons. The second-order valence-electron chi connectivity index (χ2n) is 4.88. The van der Waals surface area contributed by atoms with Crippen LogP contribution in [-0.4, -0.2) is 37.4 Å². The Labute approximate surface area is 123 Å². The van der Waals surface area contributed by atoms with E-state index in [-0.39, 0.29) is 0 Å². The minimum atomic E-state index is 0.624. The van der Waals surface area contributed by atoms with Crippen molar-refractivity contribution < 1.29 is 4.74 Å². The lowest BCUT2D eigenvalue weighted by Gasteiger charge is -2.05. The molecule has 0 bridgehead atoms. The molecule has 6 heteroatoms. The number of pyridine rings is 1. The van der Waals surface area contributed by atoms with E-state index in [1.54, 1.807) is 0 Å². The van der Waals surface area contributed by atoms with Gasteiger partial charge in [-0.15, -0.1) is 0 Å². The number of hydrogen-bond acceptors (Lipinski definition) is 4. The first-order chi connectivity index (χ1) is 10.2. The number of imidazole rings is 1. The Hall–Kier alpha value is -2.21. The molecular formula is C15H19N5O. The first kappa shape index (κ1) is 13.8. The predicted octanol–water partition coefficient (Wildman–Crippen LogP) is 2.25. The number of aromatic nitrogens is 5. The highest BCUT2D eigenvalue weighted by Gasteiger charge is 2.17. The Kier molecular flexibility index (Phi) is 3.70. The van der Waals surface area contributed by atoms with Crippen molar-refractivity contribution in [2.24, 2.45) is 0 Å². The lowest BCUT2D eigenvalue weighted by molar-refractivity contribution is 0.136. The van der Waals surface area contributed by atoms with Gasteiger partial charge in [0.05, 0.1) is 18.8 Å². The van der Waals surface area contributed by atoms with Crippen LogP contribution in [0.15, 0.2) is 24.4 Å². The SMILES string of the molecule is CCOCCn1nc(C)nc1-c1nc2ccccn2c1C. The molecule has 0 spiro atoms. The molecule has 0 aliphatic rings. The molecule has 6 nitrogen and oxygen atoms in total. The molecule has 3 heterocycles. The van der Waals surface area contributed by atoms with Gasteiger partial charge in [-0.05, 0) is 32.9 Å². The van der Waals surface area contributed by atoms with Crippen LogP contribution in [0.1, 0.15) is 18.4 Å². The van der Waals surface area contributed by atoms with Crippen molar-refractivity contribution in [1.82, 2.24) is 24.1 Å². The summed E-state index contributed by atoms with van der Waals surface area (Å²) in [5.41, 5.74) is 2.86. The molecule has 0 saturated carbocycles. The predicted molar refractivity (Wildman–Crippen MR) is 80.2 cm³/mol. The summed E-state index contributed by atoms with van der Waals surface area (Å²) in [7, 11) is 0.